The van der Waals surface area contributed by atoms with Crippen molar-refractivity contribution in [1.29, 1.82) is 0 Å². The Balaban J connectivity index is 1.58. The van der Waals surface area contributed by atoms with Crippen molar-refractivity contribution in [2.75, 3.05) is 13.1 Å². The monoisotopic (exact) mass is 220 g/mol. The van der Waals surface area contributed by atoms with E-state index in [4.69, 9.17) is 4.42 Å². The van der Waals surface area contributed by atoms with Crippen molar-refractivity contribution in [3.05, 3.63) is 17.8 Å². The van der Waals surface area contributed by atoms with E-state index in [1.807, 2.05) is 6.26 Å². The fraction of sp³-hybridized carbons (Fsp3) is 0.769. The lowest BCUT2D eigenvalue weighted by molar-refractivity contribution is 0.345. The number of piperidine rings is 1. The predicted octanol–water partition coefficient (Wildman–Crippen LogP) is 2.48. The molecule has 3 rings (SSSR count). The SMILES string of the molecule is c1oc(CC2CCCNC2)nc1C1CCC1. The Kier molecular flexibility index (Phi) is 2.96. The third-order valence-electron chi connectivity index (χ3n) is 3.96. The highest BCUT2D eigenvalue weighted by atomic mass is 16.3. The van der Waals surface area contributed by atoms with Gasteiger partial charge in [0.2, 0.25) is 0 Å². The fourth-order valence-corrected chi connectivity index (χ4v) is 2.66. The average molecular weight is 220 g/mol. The van der Waals surface area contributed by atoms with Crippen molar-refractivity contribution < 1.29 is 4.42 Å². The van der Waals surface area contributed by atoms with Crippen molar-refractivity contribution in [3.8, 4) is 0 Å². The number of nitrogens with one attached hydrogen (secondary N) is 1. The maximum Gasteiger partial charge on any atom is 0.194 e. The first-order valence-corrected chi connectivity index (χ1v) is 6.57. The molecule has 2 fully saturated rings. The van der Waals surface area contributed by atoms with Crippen LogP contribution in [0.3, 0.4) is 0 Å². The smallest absolute Gasteiger partial charge is 0.194 e. The maximum absolute atomic E-state index is 5.59. The Morgan fingerprint density at radius 2 is 2.25 bits per heavy atom. The molecule has 1 aliphatic carbocycles. The molecule has 2 aliphatic rings. The van der Waals surface area contributed by atoms with Gasteiger partial charge in [-0.05, 0) is 44.7 Å². The lowest BCUT2D eigenvalue weighted by atomic mass is 9.83. The van der Waals surface area contributed by atoms with Crippen molar-refractivity contribution in [1.82, 2.24) is 10.3 Å². The summed E-state index contributed by atoms with van der Waals surface area (Å²) in [5.74, 6) is 2.37. The molecular formula is C13H20N2O. The minimum Gasteiger partial charge on any atom is -0.449 e. The van der Waals surface area contributed by atoms with E-state index in [1.165, 1.54) is 44.3 Å². The minimum absolute atomic E-state index is 0.696. The van der Waals surface area contributed by atoms with Gasteiger partial charge in [-0.3, -0.25) is 0 Å². The number of oxazole rings is 1. The van der Waals surface area contributed by atoms with Crippen LogP contribution >= 0.6 is 0 Å². The Labute approximate surface area is 96.6 Å². The molecule has 16 heavy (non-hydrogen) atoms. The topological polar surface area (TPSA) is 38.1 Å². The summed E-state index contributed by atoms with van der Waals surface area (Å²) in [4.78, 5) is 4.63. The van der Waals surface area contributed by atoms with Crippen LogP contribution in [0, 0.1) is 5.92 Å². The molecule has 0 spiro atoms. The van der Waals surface area contributed by atoms with Crippen LogP contribution in [0.4, 0.5) is 0 Å². The van der Waals surface area contributed by atoms with Crippen molar-refractivity contribution in [3.63, 3.8) is 0 Å². The molecule has 1 atom stereocenters. The maximum atomic E-state index is 5.59. The Hall–Kier alpha value is -0.830. The second-order valence-electron chi connectivity index (χ2n) is 5.21. The first kappa shape index (κ1) is 10.3. The number of aromatic nitrogens is 1. The molecule has 0 aromatic carbocycles. The first-order valence-electron chi connectivity index (χ1n) is 6.57. The molecule has 0 radical (unpaired) electrons. The molecule has 3 nitrogen and oxygen atoms in total. The third kappa shape index (κ3) is 2.14. The number of nitrogens with zero attached hydrogens (tertiary/aromatic N) is 1. The lowest BCUT2D eigenvalue weighted by Crippen LogP contribution is -2.30. The van der Waals surface area contributed by atoms with Crippen LogP contribution in [0.1, 0.15) is 49.6 Å². The van der Waals surface area contributed by atoms with E-state index < -0.39 is 0 Å². The van der Waals surface area contributed by atoms with Crippen LogP contribution in [0.25, 0.3) is 0 Å². The highest BCUT2D eigenvalue weighted by molar-refractivity contribution is 5.07. The molecule has 0 bridgehead atoms. The van der Waals surface area contributed by atoms with Crippen molar-refractivity contribution >= 4 is 0 Å². The van der Waals surface area contributed by atoms with Gasteiger partial charge in [-0.15, -0.1) is 0 Å². The molecule has 1 aromatic rings. The van der Waals surface area contributed by atoms with Crippen LogP contribution in [-0.4, -0.2) is 18.1 Å². The predicted molar refractivity (Wildman–Crippen MR) is 62.4 cm³/mol. The Bertz CT molecular complexity index is 337. The van der Waals surface area contributed by atoms with E-state index >= 15 is 0 Å². The summed E-state index contributed by atoms with van der Waals surface area (Å²) in [6.07, 6.45) is 9.47. The zero-order chi connectivity index (χ0) is 10.8. The normalized spacial score (nSPS) is 26.6. The quantitative estimate of drug-likeness (QED) is 0.850. The highest BCUT2D eigenvalue weighted by Crippen LogP contribution is 2.35. The molecule has 1 aromatic heterocycles. The zero-order valence-corrected chi connectivity index (χ0v) is 9.74. The molecule has 1 aliphatic heterocycles. The van der Waals surface area contributed by atoms with Gasteiger partial charge < -0.3 is 9.73 Å². The van der Waals surface area contributed by atoms with Gasteiger partial charge in [0.05, 0.1) is 5.69 Å². The highest BCUT2D eigenvalue weighted by Gasteiger charge is 2.23. The molecule has 1 unspecified atom stereocenters. The molecule has 1 N–H and O–H groups in total. The minimum atomic E-state index is 0.696. The summed E-state index contributed by atoms with van der Waals surface area (Å²) < 4.78 is 5.59. The molecule has 3 heteroatoms. The molecule has 0 amide bonds. The van der Waals surface area contributed by atoms with Crippen molar-refractivity contribution in [2.24, 2.45) is 5.92 Å². The second kappa shape index (κ2) is 4.58. The van der Waals surface area contributed by atoms with Gasteiger partial charge in [0.15, 0.2) is 5.89 Å². The van der Waals surface area contributed by atoms with Crippen LogP contribution in [0.2, 0.25) is 0 Å². The van der Waals surface area contributed by atoms with E-state index in [2.05, 4.69) is 10.3 Å². The lowest BCUT2D eigenvalue weighted by Gasteiger charge is -2.22. The summed E-state index contributed by atoms with van der Waals surface area (Å²) in [6, 6.07) is 0. The van der Waals surface area contributed by atoms with E-state index in [1.54, 1.807) is 0 Å². The van der Waals surface area contributed by atoms with Crippen LogP contribution in [0.15, 0.2) is 10.7 Å². The largest absolute Gasteiger partial charge is 0.449 e. The average Bonchev–Trinajstić information content (AvgIpc) is 2.65. The fourth-order valence-electron chi connectivity index (χ4n) is 2.66. The molecule has 88 valence electrons. The molecule has 1 saturated carbocycles. The van der Waals surface area contributed by atoms with E-state index in [0.717, 1.165) is 24.8 Å². The Morgan fingerprint density at radius 3 is 2.94 bits per heavy atom. The number of hydrogen-bond acceptors (Lipinski definition) is 3. The van der Waals surface area contributed by atoms with Gasteiger partial charge in [0, 0.05) is 12.3 Å². The number of rotatable bonds is 3. The van der Waals surface area contributed by atoms with Crippen LogP contribution < -0.4 is 5.32 Å². The molecular weight excluding hydrogens is 200 g/mol. The van der Waals surface area contributed by atoms with Gasteiger partial charge in [-0.2, -0.15) is 0 Å². The van der Waals surface area contributed by atoms with Gasteiger partial charge >= 0.3 is 0 Å². The van der Waals surface area contributed by atoms with Gasteiger partial charge in [-0.25, -0.2) is 4.98 Å². The van der Waals surface area contributed by atoms with E-state index in [-0.39, 0.29) is 0 Å². The summed E-state index contributed by atoms with van der Waals surface area (Å²) in [7, 11) is 0. The summed E-state index contributed by atoms with van der Waals surface area (Å²) in [6.45, 7) is 2.30. The first-order chi connectivity index (χ1) is 7.92. The summed E-state index contributed by atoms with van der Waals surface area (Å²) in [5, 5.41) is 3.44. The summed E-state index contributed by atoms with van der Waals surface area (Å²) >= 11 is 0. The second-order valence-corrected chi connectivity index (χ2v) is 5.21. The standard InChI is InChI=1S/C13H20N2O/c1-4-11(5-1)12-9-16-13(15-12)7-10-3-2-6-14-8-10/h9-11,14H,1-8H2. The zero-order valence-electron chi connectivity index (χ0n) is 9.74. The number of hydrogen-bond donors (Lipinski definition) is 1. The van der Waals surface area contributed by atoms with Crippen LogP contribution in [0.5, 0.6) is 0 Å². The van der Waals surface area contributed by atoms with Gasteiger partial charge in [0.1, 0.15) is 6.26 Å². The van der Waals surface area contributed by atoms with Gasteiger partial charge in [-0.1, -0.05) is 6.42 Å². The Morgan fingerprint density at radius 1 is 1.31 bits per heavy atom. The van der Waals surface area contributed by atoms with Gasteiger partial charge in [0.25, 0.3) is 0 Å². The molecule has 2 heterocycles. The van der Waals surface area contributed by atoms with Crippen LogP contribution in [-0.2, 0) is 6.42 Å². The summed E-state index contributed by atoms with van der Waals surface area (Å²) in [5.41, 5.74) is 1.20. The van der Waals surface area contributed by atoms with Crippen molar-refractivity contribution in [2.45, 2.75) is 44.4 Å². The van der Waals surface area contributed by atoms with E-state index in [9.17, 15) is 0 Å². The molecule has 1 saturated heterocycles. The third-order valence-corrected chi connectivity index (χ3v) is 3.96. The van der Waals surface area contributed by atoms with E-state index in [0.29, 0.717) is 5.92 Å².